The van der Waals surface area contributed by atoms with Gasteiger partial charge in [-0.1, -0.05) is 18.2 Å². The van der Waals surface area contributed by atoms with Crippen molar-refractivity contribution in [2.75, 3.05) is 6.54 Å². The van der Waals surface area contributed by atoms with Crippen LogP contribution in [0.25, 0.3) is 0 Å². The third-order valence-corrected chi connectivity index (χ3v) is 5.91. The lowest BCUT2D eigenvalue weighted by molar-refractivity contribution is 0.0955. The normalized spacial score (nSPS) is 22.3. The summed E-state index contributed by atoms with van der Waals surface area (Å²) in [6, 6.07) is 6.63. The van der Waals surface area contributed by atoms with Gasteiger partial charge in [0.1, 0.15) is 5.56 Å². The molecule has 2 aromatic rings. The predicted molar refractivity (Wildman–Crippen MR) is 114 cm³/mol. The second-order valence-corrected chi connectivity index (χ2v) is 8.15. The average molecular weight is 442 g/mol. The van der Waals surface area contributed by atoms with Crippen molar-refractivity contribution >= 4 is 11.9 Å². The molecule has 1 aromatic carbocycles. The van der Waals surface area contributed by atoms with Crippen LogP contribution < -0.4 is 21.5 Å². The zero-order chi connectivity index (χ0) is 22.7. The highest BCUT2D eigenvalue weighted by atomic mass is 19.2. The lowest BCUT2D eigenvalue weighted by atomic mass is 9.83. The zero-order valence-electron chi connectivity index (χ0n) is 17.3. The van der Waals surface area contributed by atoms with Crippen molar-refractivity contribution < 1.29 is 18.4 Å². The molecule has 4 rings (SSSR count). The molecule has 1 saturated heterocycles. The first-order valence-corrected chi connectivity index (χ1v) is 10.6. The molecule has 2 fully saturated rings. The molecule has 0 spiro atoms. The van der Waals surface area contributed by atoms with Crippen molar-refractivity contribution in [1.29, 1.82) is 0 Å². The largest absolute Gasteiger partial charge is 0.348 e. The van der Waals surface area contributed by atoms with Crippen LogP contribution in [0.1, 0.15) is 35.2 Å². The molecule has 7 nitrogen and oxygen atoms in total. The number of pyridine rings is 1. The maximum absolute atomic E-state index is 13.4. The molecular formula is C23H24F2N4O3. The molecule has 0 bridgehead atoms. The van der Waals surface area contributed by atoms with Crippen LogP contribution in [-0.2, 0) is 6.54 Å². The van der Waals surface area contributed by atoms with E-state index in [1.165, 1.54) is 22.9 Å². The summed E-state index contributed by atoms with van der Waals surface area (Å²) in [6.07, 6.45) is 8.10. The van der Waals surface area contributed by atoms with Gasteiger partial charge in [-0.05, 0) is 55.0 Å². The highest BCUT2D eigenvalue weighted by molar-refractivity contribution is 5.93. The number of halogens is 2. The number of nitrogens with one attached hydrogen (secondary N) is 3. The van der Waals surface area contributed by atoms with Crippen LogP contribution in [0.5, 0.6) is 0 Å². The van der Waals surface area contributed by atoms with Gasteiger partial charge in [0.2, 0.25) is 0 Å². The number of amides is 3. The summed E-state index contributed by atoms with van der Waals surface area (Å²) in [7, 11) is 0. The Balaban J connectivity index is 1.33. The number of benzene rings is 1. The Hall–Kier alpha value is -3.49. The minimum atomic E-state index is -0.990. The summed E-state index contributed by atoms with van der Waals surface area (Å²) in [5.41, 5.74) is -0.125. The Labute approximate surface area is 183 Å². The number of rotatable bonds is 6. The van der Waals surface area contributed by atoms with Gasteiger partial charge >= 0.3 is 6.03 Å². The third-order valence-electron chi connectivity index (χ3n) is 5.91. The molecule has 2 aliphatic rings. The van der Waals surface area contributed by atoms with E-state index in [1.807, 2.05) is 12.2 Å². The van der Waals surface area contributed by atoms with Crippen LogP contribution in [-0.4, -0.2) is 35.1 Å². The molecule has 1 saturated carbocycles. The fourth-order valence-corrected chi connectivity index (χ4v) is 4.26. The van der Waals surface area contributed by atoms with Gasteiger partial charge in [-0.3, -0.25) is 9.59 Å². The smallest absolute Gasteiger partial charge is 0.315 e. The number of nitrogens with zero attached hydrogens (tertiary/aromatic N) is 1. The molecule has 1 aliphatic carbocycles. The average Bonchev–Trinajstić information content (AvgIpc) is 3.14. The molecule has 3 amide bonds. The van der Waals surface area contributed by atoms with E-state index in [0.29, 0.717) is 11.5 Å². The van der Waals surface area contributed by atoms with Crippen LogP contribution in [0.15, 0.2) is 53.5 Å². The summed E-state index contributed by atoms with van der Waals surface area (Å²) in [5, 5.41) is 8.54. The van der Waals surface area contributed by atoms with Crippen molar-refractivity contribution in [1.82, 2.24) is 20.5 Å². The second kappa shape index (κ2) is 9.33. The zero-order valence-corrected chi connectivity index (χ0v) is 17.3. The predicted octanol–water partition coefficient (Wildman–Crippen LogP) is 2.31. The van der Waals surface area contributed by atoms with E-state index >= 15 is 0 Å². The molecule has 1 aliphatic heterocycles. The number of carbonyl (C=O) groups is 2. The fraction of sp³-hybridized carbons (Fsp3) is 0.348. The van der Waals surface area contributed by atoms with E-state index in [-0.39, 0.29) is 36.8 Å². The lowest BCUT2D eigenvalue weighted by Crippen LogP contribution is -2.39. The van der Waals surface area contributed by atoms with E-state index in [2.05, 4.69) is 16.0 Å². The molecular weight excluding hydrogens is 418 g/mol. The number of hydrogen-bond acceptors (Lipinski definition) is 3. The molecule has 32 heavy (non-hydrogen) atoms. The van der Waals surface area contributed by atoms with Gasteiger partial charge in [0.05, 0.1) is 18.6 Å². The first-order chi connectivity index (χ1) is 15.4. The van der Waals surface area contributed by atoms with Crippen LogP contribution in [0.3, 0.4) is 0 Å². The topological polar surface area (TPSA) is 92.2 Å². The Morgan fingerprint density at radius 1 is 1.12 bits per heavy atom. The lowest BCUT2D eigenvalue weighted by Gasteiger charge is -2.28. The minimum Gasteiger partial charge on any atom is -0.348 e. The van der Waals surface area contributed by atoms with E-state index in [0.717, 1.165) is 31.4 Å². The van der Waals surface area contributed by atoms with Gasteiger partial charge in [-0.15, -0.1) is 0 Å². The van der Waals surface area contributed by atoms with Gasteiger partial charge in [0, 0.05) is 12.7 Å². The van der Waals surface area contributed by atoms with Gasteiger partial charge in [0.15, 0.2) is 11.6 Å². The van der Waals surface area contributed by atoms with Crippen molar-refractivity contribution in [2.24, 2.45) is 5.92 Å². The Morgan fingerprint density at radius 3 is 2.75 bits per heavy atom. The number of fused-ring (bicyclic) bond motifs is 1. The number of allylic oxidation sites excluding steroid dienone is 1. The summed E-state index contributed by atoms with van der Waals surface area (Å²) in [6.45, 7) is 0.290. The summed E-state index contributed by atoms with van der Waals surface area (Å²) in [5.74, 6) is -2.13. The van der Waals surface area contributed by atoms with E-state index in [9.17, 15) is 23.2 Å². The van der Waals surface area contributed by atoms with Gasteiger partial charge in [-0.2, -0.15) is 0 Å². The Morgan fingerprint density at radius 2 is 1.94 bits per heavy atom. The number of carbonyl (C=O) groups excluding carboxylic acids is 2. The molecule has 9 heteroatoms. The Kier molecular flexibility index (Phi) is 6.34. The highest BCUT2D eigenvalue weighted by Crippen LogP contribution is 2.27. The monoisotopic (exact) mass is 442 g/mol. The van der Waals surface area contributed by atoms with Crippen molar-refractivity contribution in [2.45, 2.75) is 37.9 Å². The van der Waals surface area contributed by atoms with Crippen molar-refractivity contribution in [3.05, 3.63) is 81.8 Å². The summed E-state index contributed by atoms with van der Waals surface area (Å²) < 4.78 is 27.8. The summed E-state index contributed by atoms with van der Waals surface area (Å²) in [4.78, 5) is 36.6. The first-order valence-electron chi connectivity index (χ1n) is 10.6. The van der Waals surface area contributed by atoms with Gasteiger partial charge in [-0.25, -0.2) is 13.6 Å². The highest BCUT2D eigenvalue weighted by Gasteiger charge is 2.36. The molecule has 1 aromatic heterocycles. The SMILES string of the molecule is O=C1NC2CCC(/C=C/CNC(=O)c3cccn(Cc4ccc(F)c(F)c4)c3=O)CC2N1. The van der Waals surface area contributed by atoms with Crippen molar-refractivity contribution in [3.63, 3.8) is 0 Å². The molecule has 3 N–H and O–H groups in total. The van der Waals surface area contributed by atoms with Crippen LogP contribution >= 0.6 is 0 Å². The second-order valence-electron chi connectivity index (χ2n) is 8.15. The van der Waals surface area contributed by atoms with Crippen LogP contribution in [0, 0.1) is 17.6 Å². The Bertz CT molecular complexity index is 1110. The number of aromatic nitrogens is 1. The van der Waals surface area contributed by atoms with E-state index in [1.54, 1.807) is 6.07 Å². The number of urea groups is 1. The first kappa shape index (κ1) is 21.7. The molecule has 0 radical (unpaired) electrons. The van der Waals surface area contributed by atoms with Crippen LogP contribution in [0.4, 0.5) is 13.6 Å². The maximum atomic E-state index is 13.4. The minimum absolute atomic E-state index is 0.0201. The van der Waals surface area contributed by atoms with E-state index < -0.39 is 23.1 Å². The maximum Gasteiger partial charge on any atom is 0.315 e. The van der Waals surface area contributed by atoms with Crippen LogP contribution in [0.2, 0.25) is 0 Å². The van der Waals surface area contributed by atoms with Crippen molar-refractivity contribution in [3.8, 4) is 0 Å². The van der Waals surface area contributed by atoms with E-state index in [4.69, 9.17) is 0 Å². The van der Waals surface area contributed by atoms with Gasteiger partial charge in [0.25, 0.3) is 11.5 Å². The molecule has 2 heterocycles. The standard InChI is InChI=1S/C23H24F2N4O3/c24-17-7-5-15(11-18(17)25)13-29-10-2-4-16(22(29)31)21(30)26-9-1-3-14-6-8-19-20(12-14)28-23(32)27-19/h1-5,7,10-11,14,19-20H,6,8-9,12-13H2,(H,26,30)(H2,27,28,32)/b3-1+. The molecule has 3 atom stereocenters. The number of hydrogen-bond donors (Lipinski definition) is 3. The molecule has 3 unspecified atom stereocenters. The summed E-state index contributed by atoms with van der Waals surface area (Å²) >= 11 is 0. The third kappa shape index (κ3) is 4.87. The quantitative estimate of drug-likeness (QED) is 0.600. The molecule has 168 valence electrons. The van der Waals surface area contributed by atoms with Gasteiger partial charge < -0.3 is 20.5 Å². The fourth-order valence-electron chi connectivity index (χ4n) is 4.26.